The Hall–Kier alpha value is -1.79. The second-order valence-corrected chi connectivity index (χ2v) is 6.29. The molecule has 0 aromatic heterocycles. The second kappa shape index (κ2) is 22.0. The maximum Gasteiger partial charge on any atom is 2.00 e. The molecule has 0 heterocycles. The zero-order valence-electron chi connectivity index (χ0n) is 19.3. The van der Waals surface area contributed by atoms with Crippen molar-refractivity contribution in [2.75, 3.05) is 27.4 Å². The molecule has 0 fully saturated rings. The van der Waals surface area contributed by atoms with Crippen molar-refractivity contribution in [3.63, 3.8) is 0 Å². The van der Waals surface area contributed by atoms with Gasteiger partial charge < -0.3 is 43.8 Å². The summed E-state index contributed by atoms with van der Waals surface area (Å²) in [7, 11) is 3.30. The third-order valence-corrected chi connectivity index (χ3v) is 4.03. The number of nitriles is 2. The molecule has 0 radical (unpaired) electrons. The van der Waals surface area contributed by atoms with Crippen LogP contribution in [0.15, 0.2) is 36.4 Å². The summed E-state index contributed by atoms with van der Waals surface area (Å²) in [4.78, 5) is 0. The van der Waals surface area contributed by atoms with Crippen molar-refractivity contribution in [3.05, 3.63) is 58.7 Å². The van der Waals surface area contributed by atoms with Crippen molar-refractivity contribution in [2.45, 2.75) is 39.9 Å². The summed E-state index contributed by atoms with van der Waals surface area (Å²) in [6.45, 7) is 6.17. The maximum absolute atomic E-state index is 8.60. The Morgan fingerprint density at radius 2 is 1.06 bits per heavy atom. The Labute approximate surface area is 224 Å². The van der Waals surface area contributed by atoms with Gasteiger partial charge in [-0.15, -0.1) is 0 Å². The topological polar surface area (TPSA) is 84.5 Å². The van der Waals surface area contributed by atoms with E-state index in [0.717, 1.165) is 33.8 Å². The third-order valence-electron chi connectivity index (χ3n) is 4.03. The zero-order chi connectivity index (χ0) is 22.2. The van der Waals surface area contributed by atoms with Crippen LogP contribution in [0.2, 0.25) is 0 Å². The first-order chi connectivity index (χ1) is 14.6. The number of hydrogen-bond acceptors (Lipinski definition) is 6. The minimum absolute atomic E-state index is 0. The van der Waals surface area contributed by atoms with Gasteiger partial charge in [-0.3, -0.25) is 0 Å². The molecule has 0 aliphatic carbocycles. The van der Waals surface area contributed by atoms with E-state index in [1.807, 2.05) is 50.2 Å². The van der Waals surface area contributed by atoms with Crippen molar-refractivity contribution in [2.24, 2.45) is 0 Å². The molecule has 2 rings (SSSR count). The van der Waals surface area contributed by atoms with E-state index in [4.69, 9.17) is 29.5 Å². The molecule has 0 spiro atoms. The molecule has 2 aromatic rings. The molecule has 0 N–H and O–H groups in total. The van der Waals surface area contributed by atoms with Crippen LogP contribution in [0.5, 0.6) is 11.5 Å². The molecule has 0 saturated heterocycles. The van der Waals surface area contributed by atoms with Crippen molar-refractivity contribution < 1.29 is 64.8 Å². The second-order valence-electron chi connectivity index (χ2n) is 6.29. The molecule has 6 nitrogen and oxygen atoms in total. The summed E-state index contributed by atoms with van der Waals surface area (Å²) in [5, 5.41) is 17.2. The average molecular weight is 676 g/mol. The molecular formula is C24H30Cl2N2O4Pt. The van der Waals surface area contributed by atoms with Crippen LogP contribution in [-0.2, 0) is 56.6 Å². The first-order valence-corrected chi connectivity index (χ1v) is 9.84. The molecule has 9 heteroatoms. The molecule has 0 bridgehead atoms. The van der Waals surface area contributed by atoms with E-state index in [0.29, 0.717) is 39.3 Å². The van der Waals surface area contributed by atoms with Crippen LogP contribution >= 0.6 is 0 Å². The molecule has 33 heavy (non-hydrogen) atoms. The fourth-order valence-corrected chi connectivity index (χ4v) is 2.73. The Balaban J connectivity index is -0.000000500. The molecule has 2 aromatic carbocycles. The maximum atomic E-state index is 8.60. The van der Waals surface area contributed by atoms with Crippen LogP contribution in [0.4, 0.5) is 0 Å². The SMILES string of the molecule is CCOc1cc(CC#N)ccc1COC.CCOc1cc(CC#N)ccc1COC.[Cl-].[Cl-].[Pt+2]. The predicted molar refractivity (Wildman–Crippen MR) is 115 cm³/mol. The number of rotatable bonds is 10. The monoisotopic (exact) mass is 675 g/mol. The first kappa shape index (κ1) is 35.8. The molecule has 184 valence electrons. The fourth-order valence-electron chi connectivity index (χ4n) is 2.73. The quantitative estimate of drug-likeness (QED) is 0.308. The standard InChI is InChI=1S/2C12H15NO2.2ClH.Pt/c2*1-3-15-12-8-10(6-7-13)4-5-11(12)9-14-2;;;/h2*4-5,8H,3,6,9H2,1-2H3;2*1H;/q;;;;+2/p-2. The van der Waals surface area contributed by atoms with Crippen molar-refractivity contribution >= 4 is 0 Å². The van der Waals surface area contributed by atoms with E-state index in [1.165, 1.54) is 0 Å². The van der Waals surface area contributed by atoms with Gasteiger partial charge in [-0.1, -0.05) is 24.3 Å². The van der Waals surface area contributed by atoms with E-state index in [1.54, 1.807) is 14.2 Å². The van der Waals surface area contributed by atoms with Crippen LogP contribution in [-0.4, -0.2) is 27.4 Å². The summed E-state index contributed by atoms with van der Waals surface area (Å²) in [5.74, 6) is 1.62. The fraction of sp³-hybridized carbons (Fsp3) is 0.417. The molecule has 0 aliphatic heterocycles. The zero-order valence-corrected chi connectivity index (χ0v) is 23.1. The van der Waals surface area contributed by atoms with Crippen molar-refractivity contribution in [1.82, 2.24) is 0 Å². The molecule has 0 aliphatic rings. The minimum atomic E-state index is 0. The molecule has 0 unspecified atom stereocenters. The summed E-state index contributed by atoms with van der Waals surface area (Å²) >= 11 is 0. The van der Waals surface area contributed by atoms with Gasteiger partial charge in [0.1, 0.15) is 11.5 Å². The summed E-state index contributed by atoms with van der Waals surface area (Å²) in [6.07, 6.45) is 0.820. The van der Waals surface area contributed by atoms with Crippen LogP contribution in [0.3, 0.4) is 0 Å². The van der Waals surface area contributed by atoms with Crippen molar-refractivity contribution in [3.8, 4) is 23.6 Å². The van der Waals surface area contributed by atoms with Gasteiger partial charge in [-0.25, -0.2) is 0 Å². The van der Waals surface area contributed by atoms with E-state index in [9.17, 15) is 0 Å². The number of halogens is 2. The van der Waals surface area contributed by atoms with Crippen LogP contribution < -0.4 is 34.3 Å². The van der Waals surface area contributed by atoms with Gasteiger partial charge in [-0.05, 0) is 37.1 Å². The number of nitrogens with zero attached hydrogens (tertiary/aromatic N) is 2. The van der Waals surface area contributed by atoms with Gasteiger partial charge >= 0.3 is 21.1 Å². The Morgan fingerprint density at radius 3 is 1.33 bits per heavy atom. The predicted octanol–water partition coefficient (Wildman–Crippen LogP) is -1.40. The van der Waals surface area contributed by atoms with E-state index >= 15 is 0 Å². The summed E-state index contributed by atoms with van der Waals surface area (Å²) < 4.78 is 21.1. The number of ether oxygens (including phenoxy) is 4. The first-order valence-electron chi connectivity index (χ1n) is 9.84. The van der Waals surface area contributed by atoms with Gasteiger partial charge in [0.2, 0.25) is 0 Å². The van der Waals surface area contributed by atoms with Gasteiger partial charge in [-0.2, -0.15) is 10.5 Å². The number of hydrogen-bond donors (Lipinski definition) is 0. The number of methoxy groups -OCH3 is 2. The third kappa shape index (κ3) is 13.5. The normalized spacial score (nSPS) is 8.79. The Kier molecular flexibility index (Phi) is 23.9. The van der Waals surface area contributed by atoms with Crippen LogP contribution in [0, 0.1) is 22.7 Å². The van der Waals surface area contributed by atoms with Gasteiger partial charge in [0.05, 0.1) is 51.4 Å². The number of benzene rings is 2. The minimum Gasteiger partial charge on any atom is -1.00 e. The van der Waals surface area contributed by atoms with Gasteiger partial charge in [0.15, 0.2) is 0 Å². The average Bonchev–Trinajstić information content (AvgIpc) is 2.73. The van der Waals surface area contributed by atoms with Gasteiger partial charge in [0, 0.05) is 25.3 Å². The van der Waals surface area contributed by atoms with Gasteiger partial charge in [0.25, 0.3) is 0 Å². The molecule has 0 saturated carbocycles. The van der Waals surface area contributed by atoms with E-state index in [-0.39, 0.29) is 45.9 Å². The van der Waals surface area contributed by atoms with Crippen LogP contribution in [0.25, 0.3) is 0 Å². The Bertz CT molecular complexity index is 799. The molecule has 0 amide bonds. The van der Waals surface area contributed by atoms with Crippen LogP contribution in [0.1, 0.15) is 36.1 Å². The van der Waals surface area contributed by atoms with Crippen molar-refractivity contribution in [1.29, 1.82) is 10.5 Å². The summed E-state index contributed by atoms with van der Waals surface area (Å²) in [5.41, 5.74) is 3.98. The molecular weight excluding hydrogens is 646 g/mol. The summed E-state index contributed by atoms with van der Waals surface area (Å²) in [6, 6.07) is 15.8. The Morgan fingerprint density at radius 1 is 0.697 bits per heavy atom. The largest absolute Gasteiger partial charge is 2.00 e. The van der Waals surface area contributed by atoms with E-state index < -0.39 is 0 Å². The smallest absolute Gasteiger partial charge is 1.00 e. The van der Waals surface area contributed by atoms with E-state index in [2.05, 4.69) is 12.1 Å². The molecule has 0 atom stereocenters.